The summed E-state index contributed by atoms with van der Waals surface area (Å²) in [6.07, 6.45) is -1.81. The first-order valence-corrected chi connectivity index (χ1v) is 7.10. The van der Waals surface area contributed by atoms with Crippen molar-refractivity contribution < 1.29 is 15.0 Å². The summed E-state index contributed by atoms with van der Waals surface area (Å²) in [4.78, 5) is 12.5. The van der Waals surface area contributed by atoms with Gasteiger partial charge in [0.25, 0.3) is 0 Å². The predicted octanol–water partition coefficient (Wildman–Crippen LogP) is 1.24. The number of ketones is 1. The first-order chi connectivity index (χ1) is 10.5. The van der Waals surface area contributed by atoms with Gasteiger partial charge in [-0.15, -0.1) is 0 Å². The molecule has 0 bridgehead atoms. The largest absolute Gasteiger partial charge is 0.398 e. The predicted molar refractivity (Wildman–Crippen MR) is 85.4 cm³/mol. The van der Waals surface area contributed by atoms with Gasteiger partial charge in [-0.25, -0.2) is 0 Å². The van der Waals surface area contributed by atoms with E-state index in [1.165, 1.54) is 6.07 Å². The molecule has 0 amide bonds. The fourth-order valence-corrected chi connectivity index (χ4v) is 2.25. The third-order valence-corrected chi connectivity index (χ3v) is 3.53. The Morgan fingerprint density at radius 2 is 1.77 bits per heavy atom. The van der Waals surface area contributed by atoms with Gasteiger partial charge < -0.3 is 21.7 Å². The molecule has 5 heteroatoms. The molecule has 0 radical (unpaired) electrons. The number of rotatable bonds is 6. The van der Waals surface area contributed by atoms with E-state index in [1.54, 1.807) is 36.4 Å². The van der Waals surface area contributed by atoms with Crippen LogP contribution in [0, 0.1) is 0 Å². The highest BCUT2D eigenvalue weighted by Crippen LogP contribution is 2.24. The molecule has 0 aliphatic carbocycles. The molecule has 0 spiro atoms. The molecule has 22 heavy (non-hydrogen) atoms. The molecule has 0 aromatic heterocycles. The number of carbonyl (C=O) groups is 1. The third-order valence-electron chi connectivity index (χ3n) is 3.53. The maximum Gasteiger partial charge on any atom is 0.195 e. The van der Waals surface area contributed by atoms with Crippen molar-refractivity contribution in [2.75, 3.05) is 12.3 Å². The maximum atomic E-state index is 12.5. The molecular formula is C17H20N2O3. The summed E-state index contributed by atoms with van der Waals surface area (Å²) in [5, 5.41) is 20.0. The van der Waals surface area contributed by atoms with Crippen LogP contribution in [0.2, 0.25) is 0 Å². The molecule has 0 saturated heterocycles. The standard InChI is InChI=1S/C17H20N2O3/c18-9-8-15(20)17(22)12-6-7-14(19)13(10-12)16(21)11-4-2-1-3-5-11/h1-7,10,15,17,20,22H,8-9,18-19H2. The highest BCUT2D eigenvalue weighted by Gasteiger charge is 2.20. The second-order valence-corrected chi connectivity index (χ2v) is 5.13. The zero-order valence-electron chi connectivity index (χ0n) is 12.1. The Labute approximate surface area is 129 Å². The molecular weight excluding hydrogens is 280 g/mol. The van der Waals surface area contributed by atoms with Crippen molar-refractivity contribution >= 4 is 11.5 Å². The Bertz CT molecular complexity index is 644. The minimum Gasteiger partial charge on any atom is -0.398 e. The van der Waals surface area contributed by atoms with Crippen molar-refractivity contribution in [3.05, 3.63) is 65.2 Å². The molecule has 0 saturated carbocycles. The SMILES string of the molecule is NCCC(O)C(O)c1ccc(N)c(C(=O)c2ccccc2)c1. The van der Waals surface area contributed by atoms with Crippen LogP contribution in [-0.2, 0) is 0 Å². The van der Waals surface area contributed by atoms with Crippen molar-refractivity contribution in [2.45, 2.75) is 18.6 Å². The number of nitrogen functional groups attached to an aromatic ring is 1. The van der Waals surface area contributed by atoms with Gasteiger partial charge in [0.05, 0.1) is 6.10 Å². The molecule has 2 rings (SSSR count). The summed E-state index contributed by atoms with van der Waals surface area (Å²) >= 11 is 0. The van der Waals surface area contributed by atoms with E-state index in [-0.39, 0.29) is 18.7 Å². The van der Waals surface area contributed by atoms with Crippen molar-refractivity contribution in [1.82, 2.24) is 0 Å². The van der Waals surface area contributed by atoms with Crippen LogP contribution in [-0.4, -0.2) is 28.6 Å². The average Bonchev–Trinajstić information content (AvgIpc) is 2.55. The lowest BCUT2D eigenvalue weighted by molar-refractivity contribution is 0.0150. The topological polar surface area (TPSA) is 110 Å². The molecule has 2 unspecified atom stereocenters. The van der Waals surface area contributed by atoms with Gasteiger partial charge in [0, 0.05) is 16.8 Å². The highest BCUT2D eigenvalue weighted by molar-refractivity contribution is 6.12. The van der Waals surface area contributed by atoms with E-state index in [4.69, 9.17) is 11.5 Å². The molecule has 2 aromatic rings. The zero-order valence-corrected chi connectivity index (χ0v) is 12.1. The number of carbonyl (C=O) groups excluding carboxylic acids is 1. The van der Waals surface area contributed by atoms with Crippen molar-refractivity contribution in [2.24, 2.45) is 5.73 Å². The average molecular weight is 300 g/mol. The number of hydrogen-bond acceptors (Lipinski definition) is 5. The van der Waals surface area contributed by atoms with Crippen LogP contribution in [0.1, 0.15) is 34.0 Å². The molecule has 2 atom stereocenters. The van der Waals surface area contributed by atoms with E-state index in [2.05, 4.69) is 0 Å². The van der Waals surface area contributed by atoms with Crippen LogP contribution < -0.4 is 11.5 Å². The number of hydrogen-bond donors (Lipinski definition) is 4. The first kappa shape index (κ1) is 16.2. The van der Waals surface area contributed by atoms with E-state index < -0.39 is 12.2 Å². The van der Waals surface area contributed by atoms with Crippen molar-refractivity contribution in [3.63, 3.8) is 0 Å². The van der Waals surface area contributed by atoms with Gasteiger partial charge in [0.2, 0.25) is 0 Å². The molecule has 6 N–H and O–H groups in total. The van der Waals surface area contributed by atoms with E-state index in [0.717, 1.165) is 0 Å². The van der Waals surface area contributed by atoms with E-state index in [0.29, 0.717) is 22.4 Å². The summed E-state index contributed by atoms with van der Waals surface area (Å²) in [6, 6.07) is 13.5. The highest BCUT2D eigenvalue weighted by atomic mass is 16.3. The summed E-state index contributed by atoms with van der Waals surface area (Å²) in [6.45, 7) is 0.267. The summed E-state index contributed by atoms with van der Waals surface area (Å²) < 4.78 is 0. The second-order valence-electron chi connectivity index (χ2n) is 5.13. The van der Waals surface area contributed by atoms with E-state index in [1.807, 2.05) is 6.07 Å². The van der Waals surface area contributed by atoms with E-state index in [9.17, 15) is 15.0 Å². The minimum absolute atomic E-state index is 0.222. The van der Waals surface area contributed by atoms with Gasteiger partial charge in [-0.2, -0.15) is 0 Å². The monoisotopic (exact) mass is 300 g/mol. The Balaban J connectivity index is 2.33. The third kappa shape index (κ3) is 3.51. The smallest absolute Gasteiger partial charge is 0.195 e. The summed E-state index contributed by atoms with van der Waals surface area (Å²) in [5.41, 5.74) is 12.9. The quantitative estimate of drug-likeness (QED) is 0.474. The minimum atomic E-state index is -1.11. The Morgan fingerprint density at radius 3 is 2.41 bits per heavy atom. The lowest BCUT2D eigenvalue weighted by Gasteiger charge is -2.18. The molecule has 2 aromatic carbocycles. The van der Waals surface area contributed by atoms with Gasteiger partial charge in [-0.3, -0.25) is 4.79 Å². The maximum absolute atomic E-state index is 12.5. The molecule has 116 valence electrons. The number of benzene rings is 2. The molecule has 0 heterocycles. The van der Waals surface area contributed by atoms with Crippen LogP contribution in [0.3, 0.4) is 0 Å². The van der Waals surface area contributed by atoms with Gasteiger partial charge in [0.15, 0.2) is 5.78 Å². The number of aliphatic hydroxyl groups is 2. The van der Waals surface area contributed by atoms with E-state index >= 15 is 0 Å². The van der Waals surface area contributed by atoms with Crippen LogP contribution in [0.4, 0.5) is 5.69 Å². The van der Waals surface area contributed by atoms with Crippen LogP contribution in [0.25, 0.3) is 0 Å². The van der Waals surface area contributed by atoms with Crippen LogP contribution in [0.15, 0.2) is 48.5 Å². The van der Waals surface area contributed by atoms with Crippen LogP contribution in [0.5, 0.6) is 0 Å². The Morgan fingerprint density at radius 1 is 1.09 bits per heavy atom. The zero-order chi connectivity index (χ0) is 16.1. The number of anilines is 1. The van der Waals surface area contributed by atoms with Gasteiger partial charge in [-0.1, -0.05) is 36.4 Å². The van der Waals surface area contributed by atoms with Gasteiger partial charge in [-0.05, 0) is 30.7 Å². The lowest BCUT2D eigenvalue weighted by Crippen LogP contribution is -2.22. The summed E-state index contributed by atoms with van der Waals surface area (Å²) in [5.74, 6) is -0.222. The number of aliphatic hydroxyl groups excluding tert-OH is 2. The number of nitrogens with two attached hydrogens (primary N) is 2. The molecule has 0 aliphatic rings. The second kappa shape index (κ2) is 7.17. The fourth-order valence-electron chi connectivity index (χ4n) is 2.25. The van der Waals surface area contributed by atoms with Crippen molar-refractivity contribution in [1.29, 1.82) is 0 Å². The van der Waals surface area contributed by atoms with Crippen LogP contribution >= 0.6 is 0 Å². The molecule has 0 fully saturated rings. The fraction of sp³-hybridized carbons (Fsp3) is 0.235. The molecule has 0 aliphatic heterocycles. The Kier molecular flexibility index (Phi) is 5.27. The van der Waals surface area contributed by atoms with Crippen molar-refractivity contribution in [3.8, 4) is 0 Å². The summed E-state index contributed by atoms with van der Waals surface area (Å²) in [7, 11) is 0. The first-order valence-electron chi connectivity index (χ1n) is 7.10. The van der Waals surface area contributed by atoms with Gasteiger partial charge >= 0.3 is 0 Å². The normalized spacial score (nSPS) is 13.6. The lowest BCUT2D eigenvalue weighted by atomic mass is 9.95. The van der Waals surface area contributed by atoms with Gasteiger partial charge in [0.1, 0.15) is 6.10 Å². The Hall–Kier alpha value is -2.21. The molecule has 5 nitrogen and oxygen atoms in total.